The minimum Gasteiger partial charge on any atom is -0.322 e. The standard InChI is InChI=1S/C16H17ClN2O4S/c1-11-4-7-13(17)10-15(11)18-16(20)12-5-8-14(9-6-12)24(21,22)19(2)23-3/h4-10H,1-3H3,(H,18,20). The summed E-state index contributed by atoms with van der Waals surface area (Å²) < 4.78 is 25.0. The lowest BCUT2D eigenvalue weighted by Gasteiger charge is -2.14. The molecule has 2 aromatic rings. The fourth-order valence-corrected chi connectivity index (χ4v) is 3.09. The van der Waals surface area contributed by atoms with Crippen LogP contribution in [0, 0.1) is 6.92 Å². The average molecular weight is 369 g/mol. The predicted octanol–water partition coefficient (Wildman–Crippen LogP) is 3.08. The van der Waals surface area contributed by atoms with E-state index in [0.717, 1.165) is 10.0 Å². The fourth-order valence-electron chi connectivity index (χ4n) is 1.95. The fraction of sp³-hybridized carbons (Fsp3) is 0.188. The summed E-state index contributed by atoms with van der Waals surface area (Å²) in [5, 5.41) is 3.27. The molecule has 0 aliphatic rings. The van der Waals surface area contributed by atoms with Gasteiger partial charge in [0, 0.05) is 23.3 Å². The average Bonchev–Trinajstić information content (AvgIpc) is 2.57. The van der Waals surface area contributed by atoms with Crippen molar-refractivity contribution in [2.24, 2.45) is 0 Å². The van der Waals surface area contributed by atoms with Crippen LogP contribution in [0.2, 0.25) is 5.02 Å². The summed E-state index contributed by atoms with van der Waals surface area (Å²) in [6, 6.07) is 10.8. The molecule has 2 rings (SSSR count). The number of carbonyl (C=O) groups is 1. The molecule has 0 aromatic heterocycles. The molecule has 2 aromatic carbocycles. The van der Waals surface area contributed by atoms with E-state index in [2.05, 4.69) is 5.32 Å². The normalized spacial score (nSPS) is 11.5. The molecule has 1 amide bonds. The van der Waals surface area contributed by atoms with Gasteiger partial charge in [0.25, 0.3) is 15.9 Å². The van der Waals surface area contributed by atoms with E-state index in [4.69, 9.17) is 16.4 Å². The predicted molar refractivity (Wildman–Crippen MR) is 92.5 cm³/mol. The Morgan fingerprint density at radius 2 is 1.79 bits per heavy atom. The van der Waals surface area contributed by atoms with Gasteiger partial charge < -0.3 is 5.32 Å². The van der Waals surface area contributed by atoms with E-state index in [1.165, 1.54) is 38.4 Å². The smallest absolute Gasteiger partial charge is 0.264 e. The van der Waals surface area contributed by atoms with Crippen LogP contribution < -0.4 is 5.32 Å². The van der Waals surface area contributed by atoms with E-state index in [-0.39, 0.29) is 10.8 Å². The number of sulfonamides is 1. The molecule has 8 heteroatoms. The van der Waals surface area contributed by atoms with Crippen LogP contribution in [0.4, 0.5) is 5.69 Å². The third-order valence-corrected chi connectivity index (χ3v) is 5.39. The molecule has 24 heavy (non-hydrogen) atoms. The Balaban J connectivity index is 2.22. The van der Waals surface area contributed by atoms with Gasteiger partial charge in [-0.25, -0.2) is 8.42 Å². The topological polar surface area (TPSA) is 75.7 Å². The van der Waals surface area contributed by atoms with Crippen LogP contribution in [0.25, 0.3) is 0 Å². The van der Waals surface area contributed by atoms with E-state index < -0.39 is 10.0 Å². The van der Waals surface area contributed by atoms with E-state index >= 15 is 0 Å². The molecule has 128 valence electrons. The molecule has 0 bridgehead atoms. The zero-order valence-electron chi connectivity index (χ0n) is 13.4. The monoisotopic (exact) mass is 368 g/mol. The molecule has 0 unspecified atom stereocenters. The summed E-state index contributed by atoms with van der Waals surface area (Å²) in [6.45, 7) is 1.85. The highest BCUT2D eigenvalue weighted by Crippen LogP contribution is 2.21. The lowest BCUT2D eigenvalue weighted by atomic mass is 10.1. The second kappa shape index (κ2) is 7.31. The Morgan fingerprint density at radius 1 is 1.17 bits per heavy atom. The number of amides is 1. The number of carbonyl (C=O) groups excluding carboxylic acids is 1. The molecule has 0 radical (unpaired) electrons. The quantitative estimate of drug-likeness (QED) is 0.823. The van der Waals surface area contributed by atoms with Gasteiger partial charge in [-0.1, -0.05) is 22.1 Å². The zero-order valence-corrected chi connectivity index (χ0v) is 15.0. The summed E-state index contributed by atoms with van der Waals surface area (Å²) in [4.78, 5) is 17.0. The van der Waals surface area contributed by atoms with Gasteiger partial charge in [-0.15, -0.1) is 0 Å². The number of hydrogen-bond donors (Lipinski definition) is 1. The lowest BCUT2D eigenvalue weighted by molar-refractivity contribution is -0.0258. The summed E-state index contributed by atoms with van der Waals surface area (Å²) in [5.41, 5.74) is 1.80. The number of hydroxylamine groups is 1. The van der Waals surface area contributed by atoms with Crippen molar-refractivity contribution in [2.45, 2.75) is 11.8 Å². The van der Waals surface area contributed by atoms with Crippen molar-refractivity contribution in [3.63, 3.8) is 0 Å². The van der Waals surface area contributed by atoms with Crippen LogP contribution in [0.3, 0.4) is 0 Å². The van der Waals surface area contributed by atoms with Crippen LogP contribution in [0.5, 0.6) is 0 Å². The number of benzene rings is 2. The van der Waals surface area contributed by atoms with E-state index in [9.17, 15) is 13.2 Å². The molecule has 0 fully saturated rings. The van der Waals surface area contributed by atoms with Gasteiger partial charge >= 0.3 is 0 Å². The number of hydrogen-bond acceptors (Lipinski definition) is 4. The van der Waals surface area contributed by atoms with Gasteiger partial charge in [-0.3, -0.25) is 9.63 Å². The first-order valence-corrected chi connectivity index (χ1v) is 8.78. The Morgan fingerprint density at radius 3 is 2.38 bits per heavy atom. The number of aryl methyl sites for hydroxylation is 1. The minimum absolute atomic E-state index is 0.0299. The van der Waals surface area contributed by atoms with Gasteiger partial charge in [0.05, 0.1) is 12.0 Å². The highest BCUT2D eigenvalue weighted by molar-refractivity contribution is 7.89. The first kappa shape index (κ1) is 18.4. The van der Waals surface area contributed by atoms with E-state index in [1.54, 1.807) is 18.2 Å². The molecule has 0 spiro atoms. The lowest BCUT2D eigenvalue weighted by Crippen LogP contribution is -2.25. The van der Waals surface area contributed by atoms with Gasteiger partial charge in [-0.2, -0.15) is 0 Å². The van der Waals surface area contributed by atoms with Crippen LogP contribution in [0.1, 0.15) is 15.9 Å². The van der Waals surface area contributed by atoms with Crippen molar-refractivity contribution in [3.8, 4) is 0 Å². The Kier molecular flexibility index (Phi) is 5.61. The van der Waals surface area contributed by atoms with E-state index in [0.29, 0.717) is 16.3 Å². The molecule has 6 nitrogen and oxygen atoms in total. The Labute approximate surface area is 146 Å². The minimum atomic E-state index is -3.74. The van der Waals surface area contributed by atoms with Crippen LogP contribution in [-0.2, 0) is 14.9 Å². The molecular weight excluding hydrogens is 352 g/mol. The SMILES string of the molecule is CON(C)S(=O)(=O)c1ccc(C(=O)Nc2cc(Cl)ccc2C)cc1. The summed E-state index contributed by atoms with van der Waals surface area (Å²) in [6.07, 6.45) is 0. The second-order valence-corrected chi connectivity index (χ2v) is 7.41. The van der Waals surface area contributed by atoms with Crippen molar-refractivity contribution in [1.29, 1.82) is 0 Å². The molecule has 0 saturated carbocycles. The number of anilines is 1. The third-order valence-electron chi connectivity index (χ3n) is 3.46. The van der Waals surface area contributed by atoms with Gasteiger partial charge in [-0.05, 0) is 48.9 Å². The van der Waals surface area contributed by atoms with Gasteiger partial charge in [0.15, 0.2) is 0 Å². The van der Waals surface area contributed by atoms with Gasteiger partial charge in [0.1, 0.15) is 0 Å². The highest BCUT2D eigenvalue weighted by Gasteiger charge is 2.21. The number of nitrogens with zero attached hydrogens (tertiary/aromatic N) is 1. The van der Waals surface area contributed by atoms with Crippen molar-refractivity contribution < 1.29 is 18.0 Å². The van der Waals surface area contributed by atoms with Crippen LogP contribution >= 0.6 is 11.6 Å². The molecule has 1 N–H and O–H groups in total. The molecule has 0 heterocycles. The van der Waals surface area contributed by atoms with Crippen molar-refractivity contribution in [2.75, 3.05) is 19.5 Å². The molecule has 0 aliphatic heterocycles. The van der Waals surface area contributed by atoms with Crippen LogP contribution in [0.15, 0.2) is 47.4 Å². The molecule has 0 aliphatic carbocycles. The maximum absolute atomic E-state index is 12.3. The van der Waals surface area contributed by atoms with Crippen molar-refractivity contribution in [1.82, 2.24) is 4.47 Å². The first-order chi connectivity index (χ1) is 11.3. The zero-order chi connectivity index (χ0) is 17.9. The summed E-state index contributed by atoms with van der Waals surface area (Å²) in [5.74, 6) is -0.357. The maximum Gasteiger partial charge on any atom is 0.264 e. The van der Waals surface area contributed by atoms with E-state index in [1.807, 2.05) is 6.92 Å². The highest BCUT2D eigenvalue weighted by atomic mass is 35.5. The first-order valence-electron chi connectivity index (χ1n) is 6.96. The maximum atomic E-state index is 12.3. The largest absolute Gasteiger partial charge is 0.322 e. The number of rotatable bonds is 5. The number of halogens is 1. The van der Waals surface area contributed by atoms with Crippen LogP contribution in [-0.4, -0.2) is 33.0 Å². The second-order valence-electron chi connectivity index (χ2n) is 5.04. The van der Waals surface area contributed by atoms with Crippen molar-refractivity contribution >= 4 is 33.2 Å². The third kappa shape index (κ3) is 3.93. The summed E-state index contributed by atoms with van der Waals surface area (Å²) >= 11 is 5.93. The summed E-state index contributed by atoms with van der Waals surface area (Å²) in [7, 11) is -1.19. The number of nitrogens with one attached hydrogen (secondary N) is 1. The van der Waals surface area contributed by atoms with Gasteiger partial charge in [0.2, 0.25) is 0 Å². The Bertz CT molecular complexity index is 851. The molecule has 0 saturated heterocycles. The Hall–Kier alpha value is -1.93. The molecule has 0 atom stereocenters. The molecular formula is C16H17ClN2O4S. The van der Waals surface area contributed by atoms with Crippen molar-refractivity contribution in [3.05, 3.63) is 58.6 Å².